The van der Waals surface area contributed by atoms with Crippen LogP contribution in [0.15, 0.2) is 24.3 Å². The van der Waals surface area contributed by atoms with Crippen molar-refractivity contribution in [2.75, 3.05) is 11.9 Å². The van der Waals surface area contributed by atoms with Crippen molar-refractivity contribution in [1.29, 1.82) is 0 Å². The van der Waals surface area contributed by atoms with Crippen LogP contribution in [0.2, 0.25) is 0 Å². The van der Waals surface area contributed by atoms with Crippen molar-refractivity contribution in [2.45, 2.75) is 38.1 Å². The molecule has 90 valence electrons. The number of fused-ring (bicyclic) bond motifs is 1. The van der Waals surface area contributed by atoms with Gasteiger partial charge in [0.05, 0.1) is 0 Å². The monoisotopic (exact) mass is 230 g/mol. The average Bonchev–Trinajstić information content (AvgIpc) is 2.80. The molecule has 0 atom stereocenters. The number of hydrogen-bond acceptors (Lipinski definition) is 1. The van der Waals surface area contributed by atoms with Gasteiger partial charge >= 0.3 is 6.03 Å². The molecule has 3 rings (SSSR count). The predicted molar refractivity (Wildman–Crippen MR) is 68.1 cm³/mol. The van der Waals surface area contributed by atoms with Crippen LogP contribution in [0.4, 0.5) is 10.5 Å². The van der Waals surface area contributed by atoms with E-state index in [4.69, 9.17) is 0 Å². The highest BCUT2D eigenvalue weighted by Crippen LogP contribution is 2.27. The maximum absolute atomic E-state index is 12.2. The second kappa shape index (κ2) is 4.40. The molecule has 0 spiro atoms. The molecule has 17 heavy (non-hydrogen) atoms. The molecule has 1 N–H and O–H groups in total. The highest BCUT2D eigenvalue weighted by molar-refractivity contribution is 5.91. The van der Waals surface area contributed by atoms with Gasteiger partial charge < -0.3 is 10.2 Å². The lowest BCUT2D eigenvalue weighted by Crippen LogP contribution is -2.41. The highest BCUT2D eigenvalue weighted by atomic mass is 16.2. The van der Waals surface area contributed by atoms with Gasteiger partial charge in [0, 0.05) is 18.3 Å². The molecule has 3 heteroatoms. The zero-order valence-electron chi connectivity index (χ0n) is 9.98. The van der Waals surface area contributed by atoms with Crippen molar-refractivity contribution in [2.24, 2.45) is 0 Å². The molecule has 0 unspecified atom stereocenters. The topological polar surface area (TPSA) is 32.3 Å². The van der Waals surface area contributed by atoms with Crippen molar-refractivity contribution < 1.29 is 4.79 Å². The summed E-state index contributed by atoms with van der Waals surface area (Å²) >= 11 is 0. The van der Waals surface area contributed by atoms with Gasteiger partial charge in [-0.05, 0) is 30.9 Å². The van der Waals surface area contributed by atoms with E-state index >= 15 is 0 Å². The number of benzene rings is 1. The van der Waals surface area contributed by atoms with Crippen molar-refractivity contribution in [3.63, 3.8) is 0 Å². The Morgan fingerprint density at radius 3 is 2.76 bits per heavy atom. The minimum Gasteiger partial charge on any atom is -0.321 e. The Kier molecular flexibility index (Phi) is 2.75. The van der Waals surface area contributed by atoms with Crippen LogP contribution >= 0.6 is 0 Å². The lowest BCUT2D eigenvalue weighted by molar-refractivity contribution is 0.191. The van der Waals surface area contributed by atoms with Crippen molar-refractivity contribution in [1.82, 2.24) is 4.90 Å². The predicted octanol–water partition coefficient (Wildman–Crippen LogP) is 3.02. The molecule has 1 heterocycles. The largest absolute Gasteiger partial charge is 0.322 e. The van der Waals surface area contributed by atoms with Crippen LogP contribution in [-0.2, 0) is 6.42 Å². The van der Waals surface area contributed by atoms with Gasteiger partial charge in [-0.1, -0.05) is 31.0 Å². The Labute approximate surface area is 102 Å². The molecule has 2 aliphatic rings. The van der Waals surface area contributed by atoms with Gasteiger partial charge in [0.15, 0.2) is 0 Å². The van der Waals surface area contributed by atoms with E-state index < -0.39 is 0 Å². The fourth-order valence-electron chi connectivity index (χ4n) is 2.95. The molecule has 1 aliphatic carbocycles. The molecule has 1 fully saturated rings. The summed E-state index contributed by atoms with van der Waals surface area (Å²) in [6, 6.07) is 8.66. The summed E-state index contributed by atoms with van der Waals surface area (Å²) in [5, 5.41) is 3.04. The minimum atomic E-state index is 0.0850. The van der Waals surface area contributed by atoms with Crippen LogP contribution < -0.4 is 5.32 Å². The number of anilines is 1. The fourth-order valence-corrected chi connectivity index (χ4v) is 2.95. The van der Waals surface area contributed by atoms with E-state index in [1.807, 2.05) is 23.1 Å². The Hall–Kier alpha value is -1.51. The molecule has 1 aromatic carbocycles. The third kappa shape index (κ3) is 2.02. The summed E-state index contributed by atoms with van der Waals surface area (Å²) in [5.41, 5.74) is 2.24. The SMILES string of the molecule is O=C1Nc2ccccc2CCN1C1CCCC1. The van der Waals surface area contributed by atoms with Crippen LogP contribution in [0.3, 0.4) is 0 Å². The van der Waals surface area contributed by atoms with Crippen LogP contribution in [0, 0.1) is 0 Å². The van der Waals surface area contributed by atoms with E-state index in [9.17, 15) is 4.79 Å². The van der Waals surface area contributed by atoms with Gasteiger partial charge in [-0.15, -0.1) is 0 Å². The summed E-state index contributed by atoms with van der Waals surface area (Å²) < 4.78 is 0. The summed E-state index contributed by atoms with van der Waals surface area (Å²) in [4.78, 5) is 14.2. The zero-order valence-corrected chi connectivity index (χ0v) is 9.98. The van der Waals surface area contributed by atoms with Gasteiger partial charge in [0.25, 0.3) is 0 Å². The molecule has 3 nitrogen and oxygen atoms in total. The fraction of sp³-hybridized carbons (Fsp3) is 0.500. The third-order valence-electron chi connectivity index (χ3n) is 3.91. The van der Waals surface area contributed by atoms with E-state index in [1.54, 1.807) is 0 Å². The summed E-state index contributed by atoms with van der Waals surface area (Å²) in [7, 11) is 0. The number of urea groups is 1. The molecular weight excluding hydrogens is 212 g/mol. The Bertz CT molecular complexity index is 424. The van der Waals surface area contributed by atoms with E-state index in [2.05, 4.69) is 11.4 Å². The van der Waals surface area contributed by atoms with Crippen molar-refractivity contribution in [3.8, 4) is 0 Å². The Balaban J connectivity index is 1.81. The molecule has 1 saturated carbocycles. The van der Waals surface area contributed by atoms with Gasteiger partial charge in [-0.2, -0.15) is 0 Å². The third-order valence-corrected chi connectivity index (χ3v) is 3.91. The first-order valence-corrected chi connectivity index (χ1v) is 6.50. The number of amides is 2. The summed E-state index contributed by atoms with van der Waals surface area (Å²) in [6.45, 7) is 0.855. The van der Waals surface area contributed by atoms with E-state index in [-0.39, 0.29) is 6.03 Å². The van der Waals surface area contributed by atoms with Gasteiger partial charge in [-0.3, -0.25) is 0 Å². The minimum absolute atomic E-state index is 0.0850. The van der Waals surface area contributed by atoms with E-state index in [0.29, 0.717) is 6.04 Å². The molecular formula is C14H18N2O. The first-order valence-electron chi connectivity index (χ1n) is 6.50. The standard InChI is InChI=1S/C14H18N2O/c17-14-15-13-8-4-1-5-11(13)9-10-16(14)12-6-2-3-7-12/h1,4-5,8,12H,2-3,6-7,9-10H2,(H,15,17). The molecule has 1 aliphatic heterocycles. The number of rotatable bonds is 1. The number of carbonyl (C=O) groups is 1. The maximum atomic E-state index is 12.2. The average molecular weight is 230 g/mol. The maximum Gasteiger partial charge on any atom is 0.322 e. The van der Waals surface area contributed by atoms with E-state index in [1.165, 1.54) is 31.2 Å². The molecule has 0 radical (unpaired) electrons. The van der Waals surface area contributed by atoms with E-state index in [0.717, 1.165) is 18.7 Å². The summed E-state index contributed by atoms with van der Waals surface area (Å²) in [6.07, 6.45) is 5.84. The zero-order chi connectivity index (χ0) is 11.7. The van der Waals surface area contributed by atoms with Crippen LogP contribution in [0.25, 0.3) is 0 Å². The highest BCUT2D eigenvalue weighted by Gasteiger charge is 2.28. The number of nitrogens with zero attached hydrogens (tertiary/aromatic N) is 1. The number of carbonyl (C=O) groups excluding carboxylic acids is 1. The molecule has 0 aromatic heterocycles. The lowest BCUT2D eigenvalue weighted by Gasteiger charge is -2.27. The van der Waals surface area contributed by atoms with Crippen molar-refractivity contribution in [3.05, 3.63) is 29.8 Å². The summed E-state index contributed by atoms with van der Waals surface area (Å²) in [5.74, 6) is 0. The van der Waals surface area contributed by atoms with Crippen LogP contribution in [0.5, 0.6) is 0 Å². The molecule has 1 aromatic rings. The second-order valence-corrected chi connectivity index (χ2v) is 4.97. The number of para-hydroxylation sites is 1. The first-order chi connectivity index (χ1) is 8.34. The molecule has 0 bridgehead atoms. The van der Waals surface area contributed by atoms with Gasteiger partial charge in [-0.25, -0.2) is 4.79 Å². The molecule has 0 saturated heterocycles. The quantitative estimate of drug-likeness (QED) is 0.790. The number of hydrogen-bond donors (Lipinski definition) is 1. The Morgan fingerprint density at radius 1 is 1.18 bits per heavy atom. The smallest absolute Gasteiger partial charge is 0.321 e. The second-order valence-electron chi connectivity index (χ2n) is 4.97. The van der Waals surface area contributed by atoms with Crippen molar-refractivity contribution >= 4 is 11.7 Å². The van der Waals surface area contributed by atoms with Gasteiger partial charge in [0.2, 0.25) is 0 Å². The lowest BCUT2D eigenvalue weighted by atomic mass is 10.1. The normalized spacial score (nSPS) is 20.9. The van der Waals surface area contributed by atoms with Crippen LogP contribution in [0.1, 0.15) is 31.2 Å². The molecule has 2 amide bonds. The van der Waals surface area contributed by atoms with Gasteiger partial charge in [0.1, 0.15) is 0 Å². The Morgan fingerprint density at radius 2 is 1.94 bits per heavy atom. The first kappa shape index (κ1) is 10.6. The number of nitrogens with one attached hydrogen (secondary N) is 1. The van der Waals surface area contributed by atoms with Crippen LogP contribution in [-0.4, -0.2) is 23.5 Å².